The quantitative estimate of drug-likeness (QED) is 0.826. The van der Waals surface area contributed by atoms with E-state index < -0.39 is 0 Å². The maximum atomic E-state index is 12.2. The molecule has 0 aromatic carbocycles. The molecule has 0 N–H and O–H groups in total. The maximum Gasteiger partial charge on any atom is 0.290 e. The first-order valence-electron chi connectivity index (χ1n) is 7.22. The average Bonchev–Trinajstić information content (AvgIpc) is 2.84. The van der Waals surface area contributed by atoms with Crippen LogP contribution in [0.3, 0.4) is 0 Å². The Morgan fingerprint density at radius 1 is 1.45 bits per heavy atom. The van der Waals surface area contributed by atoms with Gasteiger partial charge in [-0.3, -0.25) is 4.79 Å². The summed E-state index contributed by atoms with van der Waals surface area (Å²) in [5, 5.41) is 13.4. The summed E-state index contributed by atoms with van der Waals surface area (Å²) in [4.78, 5) is 16.7. The highest BCUT2D eigenvalue weighted by Crippen LogP contribution is 2.26. The number of allylic oxidation sites excluding steroid dienone is 2. The molecular weight excluding hydrogens is 252 g/mol. The minimum absolute atomic E-state index is 0.204. The zero-order valence-corrected chi connectivity index (χ0v) is 12.3. The lowest BCUT2D eigenvalue weighted by atomic mass is 9.99. The lowest BCUT2D eigenvalue weighted by Gasteiger charge is -2.11. The third-order valence-electron chi connectivity index (χ3n) is 3.82. The Labute approximate surface area is 119 Å². The van der Waals surface area contributed by atoms with Gasteiger partial charge < -0.3 is 0 Å². The van der Waals surface area contributed by atoms with Gasteiger partial charge in [0.05, 0.1) is 0 Å². The first-order valence-corrected chi connectivity index (χ1v) is 7.22. The number of nitriles is 1. The molecule has 1 aliphatic heterocycles. The lowest BCUT2D eigenvalue weighted by Crippen LogP contribution is -2.23. The highest BCUT2D eigenvalue weighted by atomic mass is 16.2. The number of carbonyl (C=O) groups excluding carboxylic acids is 1. The highest BCUT2D eigenvalue weighted by molar-refractivity contribution is 6.00. The Morgan fingerprint density at radius 3 is 2.80 bits per heavy atom. The molecule has 1 aromatic heterocycles. The van der Waals surface area contributed by atoms with Crippen molar-refractivity contribution >= 4 is 5.91 Å². The maximum absolute atomic E-state index is 12.2. The summed E-state index contributed by atoms with van der Waals surface area (Å²) in [7, 11) is 0. The number of aromatic nitrogens is 3. The molecule has 0 saturated carbocycles. The van der Waals surface area contributed by atoms with E-state index in [0.29, 0.717) is 18.2 Å². The van der Waals surface area contributed by atoms with E-state index in [9.17, 15) is 4.79 Å². The SMILES string of the molecule is CCCCC(CC)c1nc2n(n1)C(=O)C(C#N)=C(C)C2. The van der Waals surface area contributed by atoms with Crippen LogP contribution >= 0.6 is 0 Å². The van der Waals surface area contributed by atoms with Gasteiger partial charge in [-0.25, -0.2) is 4.98 Å². The normalized spacial score (nSPS) is 16.0. The van der Waals surface area contributed by atoms with Crippen LogP contribution in [0, 0.1) is 11.3 Å². The molecule has 20 heavy (non-hydrogen) atoms. The van der Waals surface area contributed by atoms with Crippen molar-refractivity contribution in [3.05, 3.63) is 22.8 Å². The number of hydrogen-bond acceptors (Lipinski definition) is 4. The van der Waals surface area contributed by atoms with Crippen LogP contribution < -0.4 is 0 Å². The fourth-order valence-electron chi connectivity index (χ4n) is 2.54. The number of nitrogens with zero attached hydrogens (tertiary/aromatic N) is 4. The van der Waals surface area contributed by atoms with Gasteiger partial charge in [-0.2, -0.15) is 9.94 Å². The van der Waals surface area contributed by atoms with Gasteiger partial charge in [0.25, 0.3) is 5.91 Å². The van der Waals surface area contributed by atoms with Gasteiger partial charge in [-0.15, -0.1) is 5.10 Å². The molecule has 0 aliphatic carbocycles. The monoisotopic (exact) mass is 272 g/mol. The first-order chi connectivity index (χ1) is 9.62. The summed E-state index contributed by atoms with van der Waals surface area (Å²) in [6.07, 6.45) is 4.82. The lowest BCUT2D eigenvalue weighted by molar-refractivity contribution is 0.0935. The van der Waals surface area contributed by atoms with Crippen molar-refractivity contribution in [3.63, 3.8) is 0 Å². The van der Waals surface area contributed by atoms with Crippen molar-refractivity contribution in [3.8, 4) is 6.07 Å². The molecule has 0 saturated heterocycles. The number of carbonyl (C=O) groups is 1. The van der Waals surface area contributed by atoms with Crippen molar-refractivity contribution in [2.75, 3.05) is 0 Å². The predicted octanol–water partition coefficient (Wildman–Crippen LogP) is 3.00. The van der Waals surface area contributed by atoms with Crippen molar-refractivity contribution in [2.45, 2.75) is 58.8 Å². The van der Waals surface area contributed by atoms with Crippen LogP contribution in [0.25, 0.3) is 0 Å². The van der Waals surface area contributed by atoms with Crippen molar-refractivity contribution in [2.24, 2.45) is 0 Å². The van der Waals surface area contributed by atoms with Crippen LogP contribution in [0.4, 0.5) is 0 Å². The molecule has 0 amide bonds. The smallest absolute Gasteiger partial charge is 0.266 e. The first kappa shape index (κ1) is 14.4. The molecule has 5 nitrogen and oxygen atoms in total. The molecule has 1 unspecified atom stereocenters. The zero-order chi connectivity index (χ0) is 14.7. The summed E-state index contributed by atoms with van der Waals surface area (Å²) >= 11 is 0. The van der Waals surface area contributed by atoms with Crippen molar-refractivity contribution in [1.29, 1.82) is 5.26 Å². The van der Waals surface area contributed by atoms with Crippen LogP contribution in [-0.4, -0.2) is 20.7 Å². The Bertz CT molecular complexity index is 592. The van der Waals surface area contributed by atoms with E-state index in [0.717, 1.165) is 37.1 Å². The molecule has 2 heterocycles. The summed E-state index contributed by atoms with van der Waals surface area (Å²) in [6.45, 7) is 6.09. The van der Waals surface area contributed by atoms with E-state index >= 15 is 0 Å². The summed E-state index contributed by atoms with van der Waals surface area (Å²) in [6, 6.07) is 1.97. The third kappa shape index (κ3) is 2.51. The molecule has 2 rings (SSSR count). The molecule has 0 spiro atoms. The fraction of sp³-hybridized carbons (Fsp3) is 0.600. The van der Waals surface area contributed by atoms with Crippen LogP contribution in [0.1, 0.15) is 68.8 Å². The average molecular weight is 272 g/mol. The van der Waals surface area contributed by atoms with Gasteiger partial charge >= 0.3 is 0 Å². The van der Waals surface area contributed by atoms with E-state index in [1.807, 2.05) is 13.0 Å². The topological polar surface area (TPSA) is 71.6 Å². The molecule has 0 fully saturated rings. The molecule has 5 heteroatoms. The van der Waals surface area contributed by atoms with E-state index in [1.165, 1.54) is 4.68 Å². The number of fused-ring (bicyclic) bond motifs is 1. The van der Waals surface area contributed by atoms with Crippen molar-refractivity contribution < 1.29 is 4.79 Å². The predicted molar refractivity (Wildman–Crippen MR) is 75.2 cm³/mol. The van der Waals surface area contributed by atoms with Gasteiger partial charge in [0, 0.05) is 12.3 Å². The van der Waals surface area contributed by atoms with Crippen LogP contribution in [0.15, 0.2) is 11.1 Å². The molecule has 1 aliphatic rings. The van der Waals surface area contributed by atoms with Crippen LogP contribution in [-0.2, 0) is 6.42 Å². The van der Waals surface area contributed by atoms with E-state index in [-0.39, 0.29) is 11.5 Å². The number of hydrogen-bond donors (Lipinski definition) is 0. The summed E-state index contributed by atoms with van der Waals surface area (Å²) < 4.78 is 1.31. The Balaban J connectivity index is 2.30. The Hall–Kier alpha value is -1.96. The number of unbranched alkanes of at least 4 members (excludes halogenated alkanes) is 1. The minimum atomic E-state index is -0.338. The highest BCUT2D eigenvalue weighted by Gasteiger charge is 2.28. The third-order valence-corrected chi connectivity index (χ3v) is 3.82. The van der Waals surface area contributed by atoms with E-state index in [2.05, 4.69) is 23.9 Å². The van der Waals surface area contributed by atoms with Gasteiger partial charge in [0.2, 0.25) is 0 Å². The Morgan fingerprint density at radius 2 is 2.20 bits per heavy atom. The van der Waals surface area contributed by atoms with Gasteiger partial charge in [-0.1, -0.05) is 26.7 Å². The van der Waals surface area contributed by atoms with Gasteiger partial charge in [0.1, 0.15) is 17.5 Å². The van der Waals surface area contributed by atoms with Crippen molar-refractivity contribution in [1.82, 2.24) is 14.8 Å². The minimum Gasteiger partial charge on any atom is -0.266 e. The second-order valence-electron chi connectivity index (χ2n) is 5.29. The second-order valence-corrected chi connectivity index (χ2v) is 5.29. The summed E-state index contributed by atoms with van der Waals surface area (Å²) in [5.41, 5.74) is 0.987. The second kappa shape index (κ2) is 6.00. The molecule has 0 radical (unpaired) electrons. The Kier molecular flexibility index (Phi) is 4.33. The molecule has 1 atom stereocenters. The van der Waals surface area contributed by atoms with E-state index in [1.54, 1.807) is 0 Å². The van der Waals surface area contributed by atoms with Gasteiger partial charge in [-0.05, 0) is 25.3 Å². The summed E-state index contributed by atoms with van der Waals surface area (Å²) in [5.74, 6) is 1.37. The van der Waals surface area contributed by atoms with Crippen LogP contribution in [0.2, 0.25) is 0 Å². The van der Waals surface area contributed by atoms with Crippen LogP contribution in [0.5, 0.6) is 0 Å². The standard InChI is InChI=1S/C15H20N4O/c1-4-6-7-11(5-2)14-17-13-8-10(3)12(9-16)15(20)19(13)18-14/h11H,4-8H2,1-3H3. The molecule has 1 aromatic rings. The van der Waals surface area contributed by atoms with E-state index in [4.69, 9.17) is 5.26 Å². The molecule has 106 valence electrons. The molecular formula is C15H20N4O. The zero-order valence-electron chi connectivity index (χ0n) is 12.3. The fourth-order valence-corrected chi connectivity index (χ4v) is 2.54. The number of rotatable bonds is 5. The van der Waals surface area contributed by atoms with Gasteiger partial charge in [0.15, 0.2) is 5.82 Å². The largest absolute Gasteiger partial charge is 0.290 e. The molecule has 0 bridgehead atoms.